The van der Waals surface area contributed by atoms with Crippen LogP contribution in [0.3, 0.4) is 0 Å². The lowest BCUT2D eigenvalue weighted by Crippen LogP contribution is -2.35. The molecule has 1 aliphatic rings. The summed E-state index contributed by atoms with van der Waals surface area (Å²) in [5.74, 6) is 0.506. The number of hydrogen-bond donors (Lipinski definition) is 2. The summed E-state index contributed by atoms with van der Waals surface area (Å²) < 4.78 is 0. The predicted octanol–water partition coefficient (Wildman–Crippen LogP) is 2.38. The van der Waals surface area contributed by atoms with Gasteiger partial charge < -0.3 is 10.4 Å². The maximum Gasteiger partial charge on any atom is 0.123 e. The molecule has 0 saturated carbocycles. The molecule has 0 amide bonds. The molecule has 1 atom stereocenters. The highest BCUT2D eigenvalue weighted by Gasteiger charge is 2.22. The third kappa shape index (κ3) is 1.62. The number of nitrogens with one attached hydrogen (secondary N) is 1. The number of phenols is 1. The van der Waals surface area contributed by atoms with Crippen LogP contribution in [-0.4, -0.2) is 11.7 Å². The van der Waals surface area contributed by atoms with Crippen molar-refractivity contribution in [3.63, 3.8) is 0 Å². The summed E-state index contributed by atoms with van der Waals surface area (Å²) in [5.41, 5.74) is 2.15. The first-order valence-electron chi connectivity index (χ1n) is 5.37. The van der Waals surface area contributed by atoms with Gasteiger partial charge in [-0.3, -0.25) is 0 Å². The summed E-state index contributed by atoms with van der Waals surface area (Å²) in [6, 6.07) is 6.46. The molecule has 76 valence electrons. The first-order valence-corrected chi connectivity index (χ1v) is 5.37. The van der Waals surface area contributed by atoms with Crippen LogP contribution in [0.2, 0.25) is 0 Å². The Morgan fingerprint density at radius 1 is 1.50 bits per heavy atom. The van der Waals surface area contributed by atoms with E-state index in [2.05, 4.69) is 12.2 Å². The third-order valence-electron chi connectivity index (χ3n) is 2.87. The molecule has 1 fully saturated rings. The van der Waals surface area contributed by atoms with Crippen LogP contribution in [0.4, 0.5) is 0 Å². The Morgan fingerprint density at radius 3 is 2.86 bits per heavy atom. The molecule has 0 bridgehead atoms. The van der Waals surface area contributed by atoms with Gasteiger partial charge in [0.1, 0.15) is 5.75 Å². The number of rotatable bonds is 3. The van der Waals surface area contributed by atoms with Crippen molar-refractivity contribution in [2.75, 3.05) is 6.54 Å². The van der Waals surface area contributed by atoms with Gasteiger partial charge in [0.15, 0.2) is 0 Å². The van der Waals surface area contributed by atoms with Crippen molar-refractivity contribution in [1.29, 1.82) is 0 Å². The van der Waals surface area contributed by atoms with Crippen molar-refractivity contribution >= 4 is 0 Å². The molecule has 2 N–H and O–H groups in total. The molecule has 1 aromatic carbocycles. The van der Waals surface area contributed by atoms with Gasteiger partial charge in [-0.05, 0) is 24.9 Å². The van der Waals surface area contributed by atoms with Crippen LogP contribution in [0.15, 0.2) is 18.2 Å². The lowest BCUT2D eigenvalue weighted by molar-refractivity contribution is 0.363. The van der Waals surface area contributed by atoms with Crippen molar-refractivity contribution in [2.45, 2.75) is 32.2 Å². The highest BCUT2D eigenvalue weighted by atomic mass is 16.3. The summed E-state index contributed by atoms with van der Waals surface area (Å²) in [7, 11) is 0. The fraction of sp³-hybridized carbons (Fsp3) is 0.500. The zero-order valence-corrected chi connectivity index (χ0v) is 8.59. The molecule has 1 saturated heterocycles. The van der Waals surface area contributed by atoms with E-state index in [-0.39, 0.29) is 0 Å². The summed E-state index contributed by atoms with van der Waals surface area (Å²) >= 11 is 0. The largest absolute Gasteiger partial charge is 0.507 e. The van der Waals surface area contributed by atoms with E-state index in [9.17, 15) is 5.11 Å². The molecular weight excluding hydrogens is 174 g/mol. The van der Waals surface area contributed by atoms with E-state index >= 15 is 0 Å². The van der Waals surface area contributed by atoms with Crippen LogP contribution >= 0.6 is 0 Å². The average molecular weight is 191 g/mol. The van der Waals surface area contributed by atoms with Crippen LogP contribution < -0.4 is 5.32 Å². The van der Waals surface area contributed by atoms with Crippen molar-refractivity contribution in [2.24, 2.45) is 0 Å². The van der Waals surface area contributed by atoms with Crippen LogP contribution in [0.1, 0.15) is 36.9 Å². The fourth-order valence-corrected chi connectivity index (χ4v) is 1.92. The Bertz CT molecular complexity index is 318. The average Bonchev–Trinajstić information content (AvgIpc) is 2.09. The number of phenolic OH excluding ortho intramolecular Hbond substituents is 1. The molecule has 0 radical (unpaired) electrons. The summed E-state index contributed by atoms with van der Waals surface area (Å²) in [6.45, 7) is 3.20. The second-order valence-electron chi connectivity index (χ2n) is 3.90. The first kappa shape index (κ1) is 9.53. The fourth-order valence-electron chi connectivity index (χ4n) is 1.92. The molecule has 2 rings (SSSR count). The monoisotopic (exact) mass is 191 g/mol. The Morgan fingerprint density at radius 2 is 2.29 bits per heavy atom. The predicted molar refractivity (Wildman–Crippen MR) is 57.5 cm³/mol. The van der Waals surface area contributed by atoms with E-state index < -0.39 is 0 Å². The number of para-hydroxylation sites is 1. The normalized spacial score (nSPS) is 20.5. The first-order chi connectivity index (χ1) is 6.83. The smallest absolute Gasteiger partial charge is 0.123 e. The minimum atomic E-state index is 0.381. The molecule has 0 aromatic heterocycles. The maximum absolute atomic E-state index is 10.0. The van der Waals surface area contributed by atoms with Crippen molar-refractivity contribution in [3.8, 4) is 5.75 Å². The number of aryl methyl sites for hydroxylation is 1. The molecule has 2 heteroatoms. The SMILES string of the molecule is CCCc1cccc([C@H]2CCN2)c1O. The van der Waals surface area contributed by atoms with Crippen LogP contribution in [0.5, 0.6) is 5.75 Å². The zero-order chi connectivity index (χ0) is 9.97. The van der Waals surface area contributed by atoms with E-state index in [4.69, 9.17) is 0 Å². The summed E-state index contributed by atoms with van der Waals surface area (Å²) in [6.07, 6.45) is 3.19. The Kier molecular flexibility index (Phi) is 2.73. The second kappa shape index (κ2) is 4.01. The standard InChI is InChI=1S/C12H17NO/c1-2-4-9-5-3-6-10(12(9)14)11-7-8-13-11/h3,5-6,11,13-14H,2,4,7-8H2,1H3/t11-/m1/s1. The van der Waals surface area contributed by atoms with Gasteiger partial charge in [-0.1, -0.05) is 31.5 Å². The molecule has 0 aliphatic carbocycles. The van der Waals surface area contributed by atoms with Gasteiger partial charge in [0.05, 0.1) is 0 Å². The van der Waals surface area contributed by atoms with E-state index in [1.54, 1.807) is 0 Å². The molecular formula is C12H17NO. The lowest BCUT2D eigenvalue weighted by Gasteiger charge is -2.29. The van der Waals surface area contributed by atoms with Gasteiger partial charge in [-0.2, -0.15) is 0 Å². The minimum absolute atomic E-state index is 0.381. The van der Waals surface area contributed by atoms with Crippen LogP contribution in [-0.2, 0) is 6.42 Å². The Hall–Kier alpha value is -1.02. The molecule has 1 aliphatic heterocycles. The highest BCUT2D eigenvalue weighted by molar-refractivity contribution is 5.42. The molecule has 14 heavy (non-hydrogen) atoms. The number of aromatic hydroxyl groups is 1. The van der Waals surface area contributed by atoms with Gasteiger partial charge in [-0.25, -0.2) is 0 Å². The van der Waals surface area contributed by atoms with Gasteiger partial charge in [0, 0.05) is 11.6 Å². The number of benzene rings is 1. The van der Waals surface area contributed by atoms with E-state index in [0.717, 1.165) is 36.9 Å². The topological polar surface area (TPSA) is 32.3 Å². The molecule has 2 nitrogen and oxygen atoms in total. The molecule has 0 unspecified atom stereocenters. The van der Waals surface area contributed by atoms with Crippen LogP contribution in [0.25, 0.3) is 0 Å². The zero-order valence-electron chi connectivity index (χ0n) is 8.59. The van der Waals surface area contributed by atoms with Crippen molar-refractivity contribution in [1.82, 2.24) is 5.32 Å². The lowest BCUT2D eigenvalue weighted by atomic mass is 9.94. The van der Waals surface area contributed by atoms with Gasteiger partial charge in [0.25, 0.3) is 0 Å². The molecule has 1 heterocycles. The quantitative estimate of drug-likeness (QED) is 0.768. The highest BCUT2D eigenvalue weighted by Crippen LogP contribution is 2.33. The van der Waals surface area contributed by atoms with Crippen molar-refractivity contribution in [3.05, 3.63) is 29.3 Å². The second-order valence-corrected chi connectivity index (χ2v) is 3.90. The molecule has 1 aromatic rings. The third-order valence-corrected chi connectivity index (χ3v) is 2.87. The van der Waals surface area contributed by atoms with E-state index in [1.807, 2.05) is 18.2 Å². The van der Waals surface area contributed by atoms with Gasteiger partial charge in [0.2, 0.25) is 0 Å². The molecule has 0 spiro atoms. The summed E-state index contributed by atoms with van der Waals surface area (Å²) in [4.78, 5) is 0. The van der Waals surface area contributed by atoms with Crippen molar-refractivity contribution < 1.29 is 5.11 Å². The maximum atomic E-state index is 10.0. The Balaban J connectivity index is 2.26. The van der Waals surface area contributed by atoms with Gasteiger partial charge >= 0.3 is 0 Å². The van der Waals surface area contributed by atoms with Gasteiger partial charge in [-0.15, -0.1) is 0 Å². The van der Waals surface area contributed by atoms with E-state index in [0.29, 0.717) is 11.8 Å². The summed E-state index contributed by atoms with van der Waals surface area (Å²) in [5, 5.41) is 13.3. The van der Waals surface area contributed by atoms with Crippen LogP contribution in [0, 0.1) is 0 Å². The van der Waals surface area contributed by atoms with E-state index in [1.165, 1.54) is 0 Å². The number of hydrogen-bond acceptors (Lipinski definition) is 2. The minimum Gasteiger partial charge on any atom is -0.507 e. The Labute approximate surface area is 85.0 Å².